The predicted molar refractivity (Wildman–Crippen MR) is 51.1 cm³/mol. The molecule has 1 heterocycles. The lowest BCUT2D eigenvalue weighted by molar-refractivity contribution is 0.0975. The van der Waals surface area contributed by atoms with Gasteiger partial charge in [0.2, 0.25) is 0 Å². The molecule has 1 aromatic heterocycles. The van der Waals surface area contributed by atoms with E-state index in [1.54, 1.807) is 6.07 Å². The average Bonchev–Trinajstić information content (AvgIpc) is 2.40. The van der Waals surface area contributed by atoms with E-state index in [0.29, 0.717) is 6.42 Å². The van der Waals surface area contributed by atoms with Crippen LogP contribution in [0.4, 0.5) is 8.78 Å². The molecule has 1 aliphatic rings. The fraction of sp³-hybridized carbons (Fsp3) is 0.455. The van der Waals surface area contributed by atoms with E-state index in [-0.39, 0.29) is 17.2 Å². The molecule has 0 radical (unpaired) electrons. The summed E-state index contributed by atoms with van der Waals surface area (Å²) in [6, 6.07) is 2.91. The van der Waals surface area contributed by atoms with E-state index < -0.39 is 6.43 Å². The maximum absolute atomic E-state index is 12.4. The number of aryl methyl sites for hydroxylation is 1. The van der Waals surface area contributed by atoms with Gasteiger partial charge in [-0.2, -0.15) is 0 Å². The van der Waals surface area contributed by atoms with Gasteiger partial charge in [0.1, 0.15) is 11.4 Å². The molecule has 2 rings (SSSR count). The number of rotatable bonds is 1. The van der Waals surface area contributed by atoms with Crippen molar-refractivity contribution < 1.29 is 13.6 Å². The molecule has 0 amide bonds. The maximum atomic E-state index is 12.4. The van der Waals surface area contributed by atoms with Gasteiger partial charge in [0.25, 0.3) is 6.43 Å². The number of carbonyl (C=O) groups excluding carboxylic acids is 1. The molecule has 0 N–H and O–H groups in total. The number of alkyl halides is 2. The molecular formula is C11H11F2NO. The van der Waals surface area contributed by atoms with Gasteiger partial charge in [0.05, 0.1) is 0 Å². The SMILES string of the molecule is O=C1CCCCc2ccc(C(F)F)nc21. The molecule has 0 saturated carbocycles. The van der Waals surface area contributed by atoms with Gasteiger partial charge in [-0.25, -0.2) is 13.8 Å². The van der Waals surface area contributed by atoms with Crippen molar-refractivity contribution in [3.05, 3.63) is 29.1 Å². The van der Waals surface area contributed by atoms with Crippen molar-refractivity contribution in [3.63, 3.8) is 0 Å². The largest absolute Gasteiger partial charge is 0.292 e. The first-order valence-electron chi connectivity index (χ1n) is 4.99. The van der Waals surface area contributed by atoms with Crippen molar-refractivity contribution in [1.29, 1.82) is 0 Å². The van der Waals surface area contributed by atoms with Gasteiger partial charge in [0.15, 0.2) is 5.78 Å². The van der Waals surface area contributed by atoms with Gasteiger partial charge < -0.3 is 0 Å². The van der Waals surface area contributed by atoms with Crippen LogP contribution in [0.5, 0.6) is 0 Å². The number of hydrogen-bond donors (Lipinski definition) is 0. The van der Waals surface area contributed by atoms with Crippen LogP contribution in [0.3, 0.4) is 0 Å². The van der Waals surface area contributed by atoms with Crippen LogP contribution in [0.1, 0.15) is 47.4 Å². The number of aromatic nitrogens is 1. The molecule has 0 saturated heterocycles. The van der Waals surface area contributed by atoms with E-state index in [1.165, 1.54) is 6.07 Å². The highest BCUT2D eigenvalue weighted by Gasteiger charge is 2.19. The Morgan fingerprint density at radius 2 is 1.93 bits per heavy atom. The Balaban J connectivity index is 2.44. The van der Waals surface area contributed by atoms with Crippen molar-refractivity contribution in [1.82, 2.24) is 4.98 Å². The molecule has 15 heavy (non-hydrogen) atoms. The highest BCUT2D eigenvalue weighted by molar-refractivity contribution is 5.95. The van der Waals surface area contributed by atoms with Crippen LogP contribution in [0.15, 0.2) is 12.1 Å². The first-order valence-corrected chi connectivity index (χ1v) is 4.99. The minimum atomic E-state index is -2.61. The molecule has 80 valence electrons. The van der Waals surface area contributed by atoms with Crippen molar-refractivity contribution >= 4 is 5.78 Å². The van der Waals surface area contributed by atoms with Gasteiger partial charge in [0, 0.05) is 6.42 Å². The maximum Gasteiger partial charge on any atom is 0.280 e. The van der Waals surface area contributed by atoms with E-state index in [2.05, 4.69) is 4.98 Å². The quantitative estimate of drug-likeness (QED) is 0.668. The summed E-state index contributed by atoms with van der Waals surface area (Å²) in [7, 11) is 0. The monoisotopic (exact) mass is 211 g/mol. The molecular weight excluding hydrogens is 200 g/mol. The standard InChI is InChI=1S/C11H11F2NO/c12-11(13)8-6-5-7-3-1-2-4-9(15)10(7)14-8/h5-6,11H,1-4H2. The molecule has 0 bridgehead atoms. The zero-order valence-corrected chi connectivity index (χ0v) is 8.17. The molecule has 0 fully saturated rings. The van der Waals surface area contributed by atoms with Gasteiger partial charge >= 0.3 is 0 Å². The third kappa shape index (κ3) is 2.03. The second-order valence-electron chi connectivity index (χ2n) is 3.67. The highest BCUT2D eigenvalue weighted by atomic mass is 19.3. The van der Waals surface area contributed by atoms with Crippen LogP contribution in [0, 0.1) is 0 Å². The minimum absolute atomic E-state index is 0.106. The van der Waals surface area contributed by atoms with Gasteiger partial charge in [-0.1, -0.05) is 6.07 Å². The number of hydrogen-bond acceptors (Lipinski definition) is 2. The Labute approximate surface area is 86.3 Å². The zero-order chi connectivity index (χ0) is 10.8. The number of halogens is 2. The second-order valence-corrected chi connectivity index (χ2v) is 3.67. The van der Waals surface area contributed by atoms with E-state index in [0.717, 1.165) is 24.8 Å². The second kappa shape index (κ2) is 4.04. The number of Topliss-reactive ketones (excluding diaryl/α,β-unsaturated/α-hetero) is 1. The summed E-state index contributed by atoms with van der Waals surface area (Å²) < 4.78 is 24.8. The number of fused-ring (bicyclic) bond motifs is 1. The smallest absolute Gasteiger partial charge is 0.280 e. The van der Waals surface area contributed by atoms with Crippen LogP contribution < -0.4 is 0 Å². The summed E-state index contributed by atoms with van der Waals surface area (Å²) in [4.78, 5) is 15.3. The Kier molecular flexibility index (Phi) is 2.75. The molecule has 0 aliphatic heterocycles. The normalized spacial score (nSPS) is 16.3. The molecule has 1 aliphatic carbocycles. The number of ketones is 1. The lowest BCUT2D eigenvalue weighted by Gasteiger charge is -2.05. The number of pyridine rings is 1. The molecule has 0 aromatic carbocycles. The minimum Gasteiger partial charge on any atom is -0.292 e. The van der Waals surface area contributed by atoms with Crippen LogP contribution in [-0.2, 0) is 6.42 Å². The van der Waals surface area contributed by atoms with E-state index in [4.69, 9.17) is 0 Å². The van der Waals surface area contributed by atoms with Crippen molar-refractivity contribution in [2.75, 3.05) is 0 Å². The summed E-state index contributed by atoms with van der Waals surface area (Å²) in [6.45, 7) is 0. The predicted octanol–water partition coefficient (Wildman–Crippen LogP) is 2.93. The topological polar surface area (TPSA) is 30.0 Å². The van der Waals surface area contributed by atoms with Crippen molar-refractivity contribution in [2.45, 2.75) is 32.1 Å². The molecule has 1 aromatic rings. The van der Waals surface area contributed by atoms with Crippen molar-refractivity contribution in [3.8, 4) is 0 Å². The lowest BCUT2D eigenvalue weighted by atomic mass is 10.1. The molecule has 0 spiro atoms. The van der Waals surface area contributed by atoms with Crippen LogP contribution >= 0.6 is 0 Å². The Morgan fingerprint density at radius 1 is 1.20 bits per heavy atom. The lowest BCUT2D eigenvalue weighted by Crippen LogP contribution is -2.06. The third-order valence-electron chi connectivity index (χ3n) is 2.59. The van der Waals surface area contributed by atoms with Crippen LogP contribution in [0.2, 0.25) is 0 Å². The van der Waals surface area contributed by atoms with E-state index in [9.17, 15) is 13.6 Å². The van der Waals surface area contributed by atoms with Crippen molar-refractivity contribution in [2.24, 2.45) is 0 Å². The summed E-state index contributed by atoms with van der Waals surface area (Å²) in [6.07, 6.45) is 0.323. The molecule has 0 atom stereocenters. The zero-order valence-electron chi connectivity index (χ0n) is 8.17. The summed E-state index contributed by atoms with van der Waals surface area (Å²) in [5, 5.41) is 0. The summed E-state index contributed by atoms with van der Waals surface area (Å²) >= 11 is 0. The fourth-order valence-electron chi connectivity index (χ4n) is 1.79. The van der Waals surface area contributed by atoms with Gasteiger partial charge in [-0.3, -0.25) is 4.79 Å². The number of carbonyl (C=O) groups is 1. The Hall–Kier alpha value is -1.32. The van der Waals surface area contributed by atoms with E-state index in [1.807, 2.05) is 0 Å². The summed E-state index contributed by atoms with van der Waals surface area (Å²) in [5.74, 6) is -0.106. The molecule has 2 nitrogen and oxygen atoms in total. The highest BCUT2D eigenvalue weighted by Crippen LogP contribution is 2.23. The van der Waals surface area contributed by atoms with Gasteiger partial charge in [-0.15, -0.1) is 0 Å². The first kappa shape index (κ1) is 10.2. The first-order chi connectivity index (χ1) is 7.18. The molecule has 4 heteroatoms. The van der Waals surface area contributed by atoms with Gasteiger partial charge in [-0.05, 0) is 30.9 Å². The third-order valence-corrected chi connectivity index (χ3v) is 2.59. The summed E-state index contributed by atoms with van der Waals surface area (Å²) in [5.41, 5.74) is 0.760. The average molecular weight is 211 g/mol. The van der Waals surface area contributed by atoms with E-state index >= 15 is 0 Å². The Bertz CT molecular complexity index is 390. The van der Waals surface area contributed by atoms with Crippen LogP contribution in [0.25, 0.3) is 0 Å². The molecule has 0 unspecified atom stereocenters. The van der Waals surface area contributed by atoms with Crippen LogP contribution in [-0.4, -0.2) is 10.8 Å². The fourth-order valence-corrected chi connectivity index (χ4v) is 1.79. The number of nitrogens with zero attached hydrogens (tertiary/aromatic N) is 1. The Morgan fingerprint density at radius 3 is 2.67 bits per heavy atom.